The van der Waals surface area contributed by atoms with Gasteiger partial charge in [0, 0.05) is 55.2 Å². The van der Waals surface area contributed by atoms with Gasteiger partial charge in [-0.2, -0.15) is 5.26 Å². The number of fused-ring (bicyclic) bond motifs is 2. The van der Waals surface area contributed by atoms with Crippen LogP contribution in [0.2, 0.25) is 5.02 Å². The molecule has 30 heavy (non-hydrogen) atoms. The smallest absolute Gasteiger partial charge is 0.136 e. The van der Waals surface area contributed by atoms with Gasteiger partial charge < -0.3 is 14.6 Å². The van der Waals surface area contributed by atoms with Gasteiger partial charge in [-0.25, -0.2) is 15.0 Å². The van der Waals surface area contributed by atoms with Gasteiger partial charge >= 0.3 is 0 Å². The van der Waals surface area contributed by atoms with E-state index in [1.807, 2.05) is 28.9 Å². The average Bonchev–Trinajstić information content (AvgIpc) is 3.25. The van der Waals surface area contributed by atoms with E-state index in [-0.39, 0.29) is 0 Å². The number of rotatable bonds is 4. The summed E-state index contributed by atoms with van der Waals surface area (Å²) in [6.45, 7) is 2.06. The van der Waals surface area contributed by atoms with Crippen LogP contribution in [0.4, 0.5) is 11.5 Å². The molecule has 0 unspecified atom stereocenters. The SMILES string of the molecule is N#Cc1cc(Cl)ccc1N1CCc2ncnc(NCc3ccn4ccnc4c3)c2C1. The van der Waals surface area contributed by atoms with E-state index < -0.39 is 0 Å². The summed E-state index contributed by atoms with van der Waals surface area (Å²) < 4.78 is 1.98. The van der Waals surface area contributed by atoms with Crippen molar-refractivity contribution in [2.45, 2.75) is 19.5 Å². The van der Waals surface area contributed by atoms with Crippen LogP contribution in [0.3, 0.4) is 0 Å². The molecule has 1 aliphatic heterocycles. The van der Waals surface area contributed by atoms with Crippen molar-refractivity contribution in [2.75, 3.05) is 16.8 Å². The molecule has 148 valence electrons. The molecule has 0 saturated carbocycles. The summed E-state index contributed by atoms with van der Waals surface area (Å²) in [7, 11) is 0. The molecule has 1 N–H and O–H groups in total. The minimum absolute atomic E-state index is 0.563. The quantitative estimate of drug-likeness (QED) is 0.545. The first-order chi connectivity index (χ1) is 14.7. The summed E-state index contributed by atoms with van der Waals surface area (Å²) in [5.74, 6) is 0.820. The van der Waals surface area contributed by atoms with Crippen LogP contribution in [0.5, 0.6) is 0 Å². The molecule has 1 aliphatic rings. The first kappa shape index (κ1) is 18.4. The molecule has 0 fully saturated rings. The summed E-state index contributed by atoms with van der Waals surface area (Å²) in [6.07, 6.45) is 8.11. The van der Waals surface area contributed by atoms with E-state index in [0.29, 0.717) is 23.7 Å². The van der Waals surface area contributed by atoms with Gasteiger partial charge in [0.2, 0.25) is 0 Å². The standard InChI is InChI=1S/C22H18ClN7/c23-17-1-2-20(16(10-17)11-24)30-7-4-19-18(13-30)22(28-14-27-19)26-12-15-3-6-29-8-5-25-21(29)9-15/h1-3,5-6,8-10,14H,4,7,12-13H2,(H,26,27,28). The number of nitriles is 1. The Morgan fingerprint density at radius 3 is 2.97 bits per heavy atom. The molecule has 0 aliphatic carbocycles. The molecular formula is C22H18ClN7. The maximum absolute atomic E-state index is 9.51. The van der Waals surface area contributed by atoms with Crippen molar-refractivity contribution in [1.82, 2.24) is 19.4 Å². The topological polar surface area (TPSA) is 82.1 Å². The normalized spacial score (nSPS) is 13.1. The van der Waals surface area contributed by atoms with E-state index in [1.54, 1.807) is 18.6 Å². The fourth-order valence-electron chi connectivity index (χ4n) is 3.82. The summed E-state index contributed by atoms with van der Waals surface area (Å²) in [5, 5.41) is 13.5. The number of aromatic nitrogens is 4. The predicted molar refractivity (Wildman–Crippen MR) is 115 cm³/mol. The minimum Gasteiger partial charge on any atom is -0.366 e. The molecule has 7 nitrogen and oxygen atoms in total. The van der Waals surface area contributed by atoms with E-state index in [9.17, 15) is 5.26 Å². The fraction of sp³-hybridized carbons (Fsp3) is 0.182. The molecule has 1 aromatic carbocycles. The third-order valence-electron chi connectivity index (χ3n) is 5.34. The Morgan fingerprint density at radius 2 is 2.07 bits per heavy atom. The number of nitrogens with one attached hydrogen (secondary N) is 1. The zero-order valence-corrected chi connectivity index (χ0v) is 16.8. The maximum Gasteiger partial charge on any atom is 0.136 e. The molecule has 3 aromatic heterocycles. The van der Waals surface area contributed by atoms with E-state index >= 15 is 0 Å². The highest BCUT2D eigenvalue weighted by atomic mass is 35.5. The molecular weight excluding hydrogens is 398 g/mol. The lowest BCUT2D eigenvalue weighted by Gasteiger charge is -2.31. The summed E-state index contributed by atoms with van der Waals surface area (Å²) >= 11 is 6.06. The molecule has 0 spiro atoms. The molecule has 0 radical (unpaired) electrons. The molecule has 0 amide bonds. The molecule has 5 rings (SSSR count). The number of benzene rings is 1. The third-order valence-corrected chi connectivity index (χ3v) is 5.58. The Balaban J connectivity index is 1.40. The Kier molecular flexibility index (Phi) is 4.69. The first-order valence-electron chi connectivity index (χ1n) is 9.64. The zero-order valence-electron chi connectivity index (χ0n) is 16.1. The molecule has 4 aromatic rings. The predicted octanol–water partition coefficient (Wildman–Crippen LogP) is 3.82. The van der Waals surface area contributed by atoms with Crippen LogP contribution in [-0.4, -0.2) is 25.9 Å². The summed E-state index contributed by atoms with van der Waals surface area (Å²) in [4.78, 5) is 15.5. The van der Waals surface area contributed by atoms with Gasteiger partial charge in [0.05, 0.1) is 16.9 Å². The van der Waals surface area contributed by atoms with Crippen molar-refractivity contribution in [3.8, 4) is 6.07 Å². The average molecular weight is 416 g/mol. The number of halogens is 1. The number of anilines is 2. The fourth-order valence-corrected chi connectivity index (χ4v) is 3.99. The minimum atomic E-state index is 0.563. The van der Waals surface area contributed by atoms with E-state index in [2.05, 4.69) is 43.4 Å². The van der Waals surface area contributed by atoms with E-state index in [0.717, 1.165) is 46.9 Å². The van der Waals surface area contributed by atoms with Gasteiger partial charge in [0.25, 0.3) is 0 Å². The van der Waals surface area contributed by atoms with Crippen molar-refractivity contribution in [1.29, 1.82) is 5.26 Å². The lowest BCUT2D eigenvalue weighted by Crippen LogP contribution is -2.32. The van der Waals surface area contributed by atoms with Gasteiger partial charge in [0.1, 0.15) is 23.9 Å². The second-order valence-electron chi connectivity index (χ2n) is 7.17. The van der Waals surface area contributed by atoms with Crippen LogP contribution < -0.4 is 10.2 Å². The van der Waals surface area contributed by atoms with Gasteiger partial charge in [-0.15, -0.1) is 0 Å². The van der Waals surface area contributed by atoms with Crippen molar-refractivity contribution in [3.63, 3.8) is 0 Å². The van der Waals surface area contributed by atoms with Crippen LogP contribution in [-0.2, 0) is 19.5 Å². The van der Waals surface area contributed by atoms with Crippen LogP contribution in [0, 0.1) is 11.3 Å². The Morgan fingerprint density at radius 1 is 1.13 bits per heavy atom. The Hall–Kier alpha value is -3.63. The van der Waals surface area contributed by atoms with Crippen molar-refractivity contribution < 1.29 is 0 Å². The van der Waals surface area contributed by atoms with Crippen LogP contribution in [0.15, 0.2) is 55.2 Å². The van der Waals surface area contributed by atoms with E-state index in [4.69, 9.17) is 11.6 Å². The maximum atomic E-state index is 9.51. The van der Waals surface area contributed by atoms with Crippen LogP contribution in [0.25, 0.3) is 5.65 Å². The number of imidazole rings is 1. The molecule has 0 atom stereocenters. The Labute approximate surface area is 178 Å². The number of nitrogens with zero attached hydrogens (tertiary/aromatic N) is 6. The van der Waals surface area contributed by atoms with Crippen molar-refractivity contribution in [2.24, 2.45) is 0 Å². The first-order valence-corrected chi connectivity index (χ1v) is 10.0. The van der Waals surface area contributed by atoms with Gasteiger partial charge in [-0.3, -0.25) is 0 Å². The number of pyridine rings is 1. The van der Waals surface area contributed by atoms with Crippen molar-refractivity contribution in [3.05, 3.63) is 82.7 Å². The number of hydrogen-bond donors (Lipinski definition) is 1. The lowest BCUT2D eigenvalue weighted by atomic mass is 10.0. The van der Waals surface area contributed by atoms with Gasteiger partial charge in [0.15, 0.2) is 0 Å². The second kappa shape index (κ2) is 7.65. The lowest BCUT2D eigenvalue weighted by molar-refractivity contribution is 0.705. The third kappa shape index (κ3) is 3.42. The Bertz CT molecular complexity index is 1270. The largest absolute Gasteiger partial charge is 0.366 e. The monoisotopic (exact) mass is 415 g/mol. The molecule has 8 heteroatoms. The van der Waals surface area contributed by atoms with Crippen LogP contribution >= 0.6 is 11.6 Å². The number of hydrogen-bond acceptors (Lipinski definition) is 6. The van der Waals surface area contributed by atoms with Gasteiger partial charge in [-0.05, 0) is 35.9 Å². The molecule has 0 saturated heterocycles. The second-order valence-corrected chi connectivity index (χ2v) is 7.61. The highest BCUT2D eigenvalue weighted by Gasteiger charge is 2.23. The van der Waals surface area contributed by atoms with Crippen molar-refractivity contribution >= 4 is 28.8 Å². The van der Waals surface area contributed by atoms with Crippen LogP contribution in [0.1, 0.15) is 22.4 Å². The molecule has 0 bridgehead atoms. The van der Waals surface area contributed by atoms with Gasteiger partial charge in [-0.1, -0.05) is 11.6 Å². The van der Waals surface area contributed by atoms with E-state index in [1.165, 1.54) is 0 Å². The zero-order chi connectivity index (χ0) is 20.5. The summed E-state index contributed by atoms with van der Waals surface area (Å²) in [5.41, 5.74) is 5.59. The summed E-state index contributed by atoms with van der Waals surface area (Å²) in [6, 6.07) is 11.8. The highest BCUT2D eigenvalue weighted by molar-refractivity contribution is 6.30. The molecule has 4 heterocycles. The highest BCUT2D eigenvalue weighted by Crippen LogP contribution is 2.30.